The molecular formula is C44H70O33PY-. The second-order valence-electron chi connectivity index (χ2n) is 16.4. The summed E-state index contributed by atoms with van der Waals surface area (Å²) in [5.41, 5.74) is -8.23. The number of ketones is 1. The van der Waals surface area contributed by atoms with Gasteiger partial charge in [-0.15, -0.1) is 0 Å². The van der Waals surface area contributed by atoms with Gasteiger partial charge in [-0.2, -0.15) is 0 Å². The number of allylic oxidation sites excluding steroid dienone is 1. The molecule has 4 aliphatic heterocycles. The molecule has 18 N–H and O–H groups in total. The van der Waals surface area contributed by atoms with Gasteiger partial charge in [-0.3, -0.25) is 38.4 Å². The third kappa shape index (κ3) is 30.3. The first kappa shape index (κ1) is 84.4. The zero-order chi connectivity index (χ0) is 58.5. The average Bonchev–Trinajstić information content (AvgIpc) is 4.14. The number of aliphatic hydroxyl groups excluding tert-OH is 3. The number of aliphatic carboxylic acids is 8. The predicted octanol–water partition coefficient (Wildman–Crippen LogP) is -2.41. The van der Waals surface area contributed by atoms with E-state index in [0.717, 1.165) is 0 Å². The molecule has 1 aliphatic carbocycles. The Morgan fingerprint density at radius 2 is 1.04 bits per heavy atom. The van der Waals surface area contributed by atoms with Gasteiger partial charge < -0.3 is 111 Å². The van der Waals surface area contributed by atoms with Gasteiger partial charge in [0.1, 0.15) is 0 Å². The molecule has 5 aliphatic rings. The number of carboxylic acids is 8. The first-order valence-electron chi connectivity index (χ1n) is 22.6. The van der Waals surface area contributed by atoms with Gasteiger partial charge in [0.15, 0.2) is 28.3 Å². The second kappa shape index (κ2) is 40.3. The number of aliphatic hydroxyl groups is 6. The Kier molecular flexibility index (Phi) is 43.1. The van der Waals surface area contributed by atoms with Crippen molar-refractivity contribution >= 4 is 87.3 Å². The van der Waals surface area contributed by atoms with Gasteiger partial charge in [-0.25, -0.2) is 24.0 Å². The number of carbonyl (C=O) groups excluding carboxylic acids is 5. The van der Waals surface area contributed by atoms with Crippen LogP contribution in [0.4, 0.5) is 0 Å². The van der Waals surface area contributed by atoms with E-state index in [-0.39, 0.29) is 129 Å². The van der Waals surface area contributed by atoms with E-state index >= 15 is 0 Å². The summed E-state index contributed by atoms with van der Waals surface area (Å²) < 4.78 is 18.7. The average molecular weight is 1250 g/mol. The van der Waals surface area contributed by atoms with E-state index < -0.39 is 133 Å². The number of carboxylic acid groups (broad SMARTS) is 8. The minimum Gasteiger partial charge on any atom is -0.577 e. The molecule has 0 unspecified atom stereocenters. The van der Waals surface area contributed by atoms with E-state index in [4.69, 9.17) is 65.6 Å². The van der Waals surface area contributed by atoms with Crippen LogP contribution in [0.2, 0.25) is 0 Å². The summed E-state index contributed by atoms with van der Waals surface area (Å²) >= 11 is 0. The van der Waals surface area contributed by atoms with E-state index in [1.807, 2.05) is 13.8 Å². The van der Waals surface area contributed by atoms with Crippen molar-refractivity contribution in [3.05, 3.63) is 11.3 Å². The summed E-state index contributed by atoms with van der Waals surface area (Å²) in [6.45, 7) is 4.07. The Balaban J connectivity index is -0.000000199. The maximum absolute atomic E-state index is 11.0. The fourth-order valence-electron chi connectivity index (χ4n) is 6.54. The molecule has 0 aromatic carbocycles. The van der Waals surface area contributed by atoms with Crippen molar-refractivity contribution < 1.29 is 196 Å². The number of cyclic esters (lactones) is 3. The first-order valence-corrected chi connectivity index (χ1v) is 22.6. The molecule has 35 heteroatoms. The largest absolute Gasteiger partial charge is 0.577 e. The van der Waals surface area contributed by atoms with Crippen LogP contribution < -0.4 is 0 Å². The number of esters is 4. The quantitative estimate of drug-likeness (QED) is 0.0343. The molecule has 4 fully saturated rings. The molecule has 0 bridgehead atoms. The van der Waals surface area contributed by atoms with Crippen molar-refractivity contribution in [3.8, 4) is 0 Å². The summed E-state index contributed by atoms with van der Waals surface area (Å²) in [4.78, 5) is 136. The smallest absolute Gasteiger partial charge is 0.350 e. The van der Waals surface area contributed by atoms with Gasteiger partial charge in [0.25, 0.3) is 0 Å². The van der Waals surface area contributed by atoms with Crippen molar-refractivity contribution in [1.82, 2.24) is 0 Å². The fourth-order valence-corrected chi connectivity index (χ4v) is 6.54. The maximum Gasteiger partial charge on any atom is 0.350 e. The number of hydrogen-bond acceptors (Lipinski definition) is 23. The first-order chi connectivity index (χ1) is 34.7. The summed E-state index contributed by atoms with van der Waals surface area (Å²) in [6.07, 6.45) is -1.55. The van der Waals surface area contributed by atoms with Crippen LogP contribution in [0.25, 0.3) is 0 Å². The molecule has 4 saturated heterocycles. The van der Waals surface area contributed by atoms with Gasteiger partial charge >= 0.3 is 71.6 Å². The van der Waals surface area contributed by atoms with Crippen LogP contribution in [0, 0.1) is 0 Å². The number of rotatable bonds is 20. The normalized spacial score (nSPS) is 21.2. The predicted molar refractivity (Wildman–Crippen MR) is 256 cm³/mol. The molecule has 1 spiro atoms. The van der Waals surface area contributed by atoms with E-state index in [2.05, 4.69) is 9.47 Å². The molecule has 33 nitrogen and oxygen atoms in total. The molecule has 0 amide bonds. The number of Topliss-reactive ketones (excluding diaryl/α,β-unsaturated/α-hetero) is 1. The van der Waals surface area contributed by atoms with Crippen LogP contribution in [0.15, 0.2) is 11.3 Å². The van der Waals surface area contributed by atoms with Crippen molar-refractivity contribution in [2.45, 2.75) is 157 Å². The van der Waals surface area contributed by atoms with Gasteiger partial charge in [0.05, 0.1) is 26.1 Å². The Hall–Kier alpha value is -5.90. The molecule has 1 radical (unpaired) electrons. The van der Waals surface area contributed by atoms with Gasteiger partial charge in [0, 0.05) is 117 Å². The van der Waals surface area contributed by atoms with Crippen LogP contribution in [0.5, 0.6) is 0 Å². The molecule has 5 rings (SSSR count). The fraction of sp³-hybridized carbons (Fsp3) is 0.659. The van der Waals surface area contributed by atoms with Crippen molar-refractivity contribution in [2.24, 2.45) is 0 Å². The van der Waals surface area contributed by atoms with Crippen LogP contribution in [0.1, 0.15) is 129 Å². The molecule has 0 saturated carbocycles. The monoisotopic (exact) mass is 1250 g/mol. The van der Waals surface area contributed by atoms with E-state index in [1.165, 1.54) is 0 Å². The molecular weight excluding hydrogens is 1180 g/mol. The molecule has 453 valence electrons. The van der Waals surface area contributed by atoms with E-state index in [1.54, 1.807) is 0 Å². The summed E-state index contributed by atoms with van der Waals surface area (Å²) in [5, 5.41) is 121. The Labute approximate surface area is 477 Å². The van der Waals surface area contributed by atoms with Gasteiger partial charge in [-0.05, 0) is 37.7 Å². The summed E-state index contributed by atoms with van der Waals surface area (Å²) in [6, 6.07) is 0. The Morgan fingerprint density at radius 3 is 1.35 bits per heavy atom. The van der Waals surface area contributed by atoms with Crippen molar-refractivity contribution in [1.29, 1.82) is 0 Å². The second-order valence-corrected chi connectivity index (χ2v) is 16.4. The number of ether oxygens (including phenoxy) is 4. The van der Waals surface area contributed by atoms with Gasteiger partial charge in [0.2, 0.25) is 11.2 Å². The van der Waals surface area contributed by atoms with Crippen LogP contribution >= 0.6 is 9.90 Å². The number of carbonyl (C=O) groups is 13. The van der Waals surface area contributed by atoms with Crippen LogP contribution in [0.3, 0.4) is 0 Å². The topological polar surface area (TPSA) is 605 Å². The zero-order valence-electron chi connectivity index (χ0n) is 42.9. The van der Waals surface area contributed by atoms with Crippen molar-refractivity contribution in [3.63, 3.8) is 0 Å². The zero-order valence-corrected chi connectivity index (χ0v) is 46.9. The Bertz CT molecular complexity index is 2110. The summed E-state index contributed by atoms with van der Waals surface area (Å²) in [5.74, 6) is -13.3. The maximum atomic E-state index is 11.0. The summed E-state index contributed by atoms with van der Waals surface area (Å²) in [7, 11) is 0. The van der Waals surface area contributed by atoms with E-state index in [9.17, 15) is 77.6 Å². The standard InChI is InChI=1S/C7H10O7.C7H8O6.C7H12O6.C7H10O5.C7H8O4.C7H10O3.C2H6.2H2O.H2P.Y/c8-4(9)1-2-7(14,6(12)13)3-5(10)11;8-4(9)3-7(6(11)12)2-1-5(10)13-7;8-4-3-7(13,6(11)12)2-1-5(9)10;8-5(9)1-2-7(11)3-4-12-6(7)10;8-5-1-2-7(11-5)3-4-10-6(7)9;8-4-3-5-1-2-6(9)7(5)10;1-2;;;;/h14H,1-3H2,(H,8,9)(H,10,11)(H,12,13);1-3H2,(H,8,9)(H,11,12);8,13H,1-4H2,(H,9,10)(H,11,12);11H,1-4H2,(H,8,9);1-4H2;8,10H,1-4H2;1-2H3;3*1H2;/q;;;;;;;;;-1;/t5*7-;;;;;;/m01111....../s1. The minimum atomic E-state index is -2.51. The SMILES string of the molecule is CC.O.O.O=C(O)CC[C@@](O)(CCO)C(=O)O.O=C(O)CC[C@@]1(O)CCOC1=O.O=C(O)CC[C@](O)(CC(=O)O)C(=O)O.O=C(O)C[C@@]1(C(=O)O)CCC(=O)O1.O=C1CCC(CCO)=C1O.O=C1CC[C@]2(CCOC2=O)O1.[PH2-].[Y]. The molecule has 0 aromatic rings. The minimum absolute atomic E-state index is 0. The van der Waals surface area contributed by atoms with Crippen LogP contribution in [-0.4, -0.2) is 214 Å². The third-order valence-corrected chi connectivity index (χ3v) is 10.8. The third-order valence-electron chi connectivity index (χ3n) is 10.8. The number of hydrogen-bond donors (Lipinski definition) is 14. The van der Waals surface area contributed by atoms with Crippen LogP contribution in [-0.2, 0) is 114 Å². The molecule has 0 aromatic heterocycles. The van der Waals surface area contributed by atoms with Crippen molar-refractivity contribution in [2.75, 3.05) is 26.4 Å². The van der Waals surface area contributed by atoms with Gasteiger partial charge in [-0.1, -0.05) is 13.8 Å². The molecule has 79 heavy (non-hydrogen) atoms. The van der Waals surface area contributed by atoms with E-state index in [0.29, 0.717) is 50.7 Å². The molecule has 4 heterocycles. The molecule has 5 atom stereocenters. The Morgan fingerprint density at radius 1 is 0.570 bits per heavy atom.